The zero-order chi connectivity index (χ0) is 11.1. The van der Waals surface area contributed by atoms with E-state index in [9.17, 15) is 4.79 Å². The summed E-state index contributed by atoms with van der Waals surface area (Å²) >= 11 is 1.59. The molecule has 1 heterocycles. The summed E-state index contributed by atoms with van der Waals surface area (Å²) in [5.41, 5.74) is 1.04. The Bertz CT molecular complexity index is 423. The quantitative estimate of drug-likeness (QED) is 0.808. The number of Topliss-reactive ketones (excluding diaryl/α,β-unsaturated/α-hetero) is 1. The van der Waals surface area contributed by atoms with Crippen LogP contribution in [-0.4, -0.2) is 24.4 Å². The highest BCUT2D eigenvalue weighted by atomic mass is 32.1. The molecule has 0 unspecified atom stereocenters. The van der Waals surface area contributed by atoms with Gasteiger partial charge in [-0.2, -0.15) is 0 Å². The number of rotatable bonds is 3. The van der Waals surface area contributed by atoms with Crippen LogP contribution in [-0.2, 0) is 6.42 Å². The van der Waals surface area contributed by atoms with Crippen LogP contribution < -0.4 is 4.90 Å². The Morgan fingerprint density at radius 3 is 2.94 bits per heavy atom. The van der Waals surface area contributed by atoms with Crippen molar-refractivity contribution in [1.29, 1.82) is 0 Å². The Labute approximate surface area is 99.5 Å². The number of anilines is 1. The first-order chi connectivity index (χ1) is 7.74. The third-order valence-corrected chi connectivity index (χ3v) is 4.57. The second-order valence-electron chi connectivity index (χ2n) is 4.87. The summed E-state index contributed by atoms with van der Waals surface area (Å²) in [5, 5.41) is 1.03. The molecule has 0 atom stereocenters. The van der Waals surface area contributed by atoms with E-state index in [1.54, 1.807) is 11.3 Å². The minimum atomic E-state index is 0.296. The molecular formula is C12H16N2OS. The van der Waals surface area contributed by atoms with E-state index in [1.165, 1.54) is 12.8 Å². The van der Waals surface area contributed by atoms with E-state index in [0.717, 1.165) is 41.0 Å². The third-order valence-electron chi connectivity index (χ3n) is 3.31. The number of aromatic nitrogens is 1. The van der Waals surface area contributed by atoms with Gasteiger partial charge in [-0.25, -0.2) is 4.98 Å². The second-order valence-corrected chi connectivity index (χ2v) is 5.85. The maximum atomic E-state index is 11.7. The van der Waals surface area contributed by atoms with Crippen LogP contribution in [0.2, 0.25) is 0 Å². The first-order valence-electron chi connectivity index (χ1n) is 5.98. The molecule has 0 spiro atoms. The van der Waals surface area contributed by atoms with E-state index >= 15 is 0 Å². The molecule has 1 fully saturated rings. The molecule has 86 valence electrons. The normalized spacial score (nSPS) is 19.7. The van der Waals surface area contributed by atoms with E-state index in [2.05, 4.69) is 16.9 Å². The first-order valence-corrected chi connectivity index (χ1v) is 6.79. The average Bonchev–Trinajstić information content (AvgIpc) is 2.95. The van der Waals surface area contributed by atoms with E-state index in [1.807, 2.05) is 0 Å². The Morgan fingerprint density at radius 2 is 2.25 bits per heavy atom. The van der Waals surface area contributed by atoms with Gasteiger partial charge in [-0.15, -0.1) is 0 Å². The van der Waals surface area contributed by atoms with E-state index < -0.39 is 0 Å². The van der Waals surface area contributed by atoms with Gasteiger partial charge in [0.25, 0.3) is 0 Å². The fraction of sp³-hybridized carbons (Fsp3) is 0.667. The van der Waals surface area contributed by atoms with Gasteiger partial charge in [0.05, 0.1) is 10.6 Å². The molecular weight excluding hydrogens is 220 g/mol. The van der Waals surface area contributed by atoms with Crippen LogP contribution in [0, 0.1) is 5.92 Å². The van der Waals surface area contributed by atoms with Gasteiger partial charge >= 0.3 is 0 Å². The molecule has 2 aliphatic rings. The van der Waals surface area contributed by atoms with Crippen LogP contribution in [0.5, 0.6) is 0 Å². The standard InChI is InChI=1S/C12H16N2OS/c1-14(7-8-5-6-8)12-13-9-3-2-4-10(15)11(9)16-12/h8H,2-7H2,1H3. The van der Waals surface area contributed by atoms with Gasteiger partial charge < -0.3 is 4.90 Å². The monoisotopic (exact) mass is 236 g/mol. The lowest BCUT2D eigenvalue weighted by atomic mass is 10.0. The van der Waals surface area contributed by atoms with Crippen LogP contribution in [0.3, 0.4) is 0 Å². The van der Waals surface area contributed by atoms with Gasteiger partial charge in [-0.05, 0) is 31.6 Å². The molecule has 2 aliphatic carbocycles. The summed E-state index contributed by atoms with van der Waals surface area (Å²) < 4.78 is 0. The van der Waals surface area contributed by atoms with Crippen LogP contribution in [0.4, 0.5) is 5.13 Å². The van der Waals surface area contributed by atoms with Crippen LogP contribution >= 0.6 is 11.3 Å². The van der Waals surface area contributed by atoms with E-state index in [4.69, 9.17) is 0 Å². The molecule has 16 heavy (non-hydrogen) atoms. The lowest BCUT2D eigenvalue weighted by molar-refractivity contribution is 0.0976. The molecule has 0 bridgehead atoms. The van der Waals surface area contributed by atoms with Crippen LogP contribution in [0.25, 0.3) is 0 Å². The van der Waals surface area contributed by atoms with Crippen molar-refractivity contribution in [3.8, 4) is 0 Å². The van der Waals surface area contributed by atoms with Gasteiger partial charge in [-0.1, -0.05) is 11.3 Å². The minimum absolute atomic E-state index is 0.296. The third kappa shape index (κ3) is 1.86. The summed E-state index contributed by atoms with van der Waals surface area (Å²) in [5.74, 6) is 1.16. The Kier molecular flexibility index (Phi) is 2.46. The van der Waals surface area contributed by atoms with Crippen LogP contribution in [0.1, 0.15) is 41.0 Å². The molecule has 0 saturated heterocycles. The van der Waals surface area contributed by atoms with Crippen molar-refractivity contribution in [1.82, 2.24) is 4.98 Å². The molecule has 1 saturated carbocycles. The number of aryl methyl sites for hydroxylation is 1. The molecule has 3 rings (SSSR count). The first kappa shape index (κ1) is 10.3. The predicted octanol–water partition coefficient (Wildman–Crippen LogP) is 2.51. The molecule has 0 aliphatic heterocycles. The Morgan fingerprint density at radius 1 is 1.44 bits per heavy atom. The van der Waals surface area contributed by atoms with Crippen molar-refractivity contribution in [3.05, 3.63) is 10.6 Å². The molecule has 1 aromatic rings. The molecule has 0 radical (unpaired) electrons. The lowest BCUT2D eigenvalue weighted by Gasteiger charge is -2.14. The highest BCUT2D eigenvalue weighted by Gasteiger charge is 2.26. The number of carbonyl (C=O) groups is 1. The summed E-state index contributed by atoms with van der Waals surface area (Å²) in [6.07, 6.45) is 5.37. The summed E-state index contributed by atoms with van der Waals surface area (Å²) in [7, 11) is 2.09. The zero-order valence-corrected chi connectivity index (χ0v) is 10.3. The molecule has 1 aromatic heterocycles. The van der Waals surface area contributed by atoms with Gasteiger partial charge in [0.2, 0.25) is 0 Å². The van der Waals surface area contributed by atoms with Gasteiger partial charge in [-0.3, -0.25) is 4.79 Å². The average molecular weight is 236 g/mol. The highest BCUT2D eigenvalue weighted by Crippen LogP contribution is 2.34. The number of carbonyl (C=O) groups excluding carboxylic acids is 1. The number of ketones is 1. The number of nitrogens with zero attached hydrogens (tertiary/aromatic N) is 2. The second kappa shape index (κ2) is 3.84. The largest absolute Gasteiger partial charge is 0.351 e. The van der Waals surface area contributed by atoms with Crippen molar-refractivity contribution in [2.45, 2.75) is 32.1 Å². The summed E-state index contributed by atoms with van der Waals surface area (Å²) in [6.45, 7) is 1.10. The van der Waals surface area contributed by atoms with E-state index in [-0.39, 0.29) is 0 Å². The minimum Gasteiger partial charge on any atom is -0.351 e. The molecule has 0 amide bonds. The Balaban J connectivity index is 1.82. The summed E-state index contributed by atoms with van der Waals surface area (Å²) in [6, 6.07) is 0. The lowest BCUT2D eigenvalue weighted by Crippen LogP contribution is -2.19. The SMILES string of the molecule is CN(CC1CC1)c1nc2c(s1)C(=O)CCC2. The maximum Gasteiger partial charge on any atom is 0.185 e. The summed E-state index contributed by atoms with van der Waals surface area (Å²) in [4.78, 5) is 19.4. The highest BCUT2D eigenvalue weighted by molar-refractivity contribution is 7.17. The molecule has 0 N–H and O–H groups in total. The van der Waals surface area contributed by atoms with Crippen molar-refractivity contribution >= 4 is 22.3 Å². The van der Waals surface area contributed by atoms with Gasteiger partial charge in [0.1, 0.15) is 0 Å². The fourth-order valence-corrected chi connectivity index (χ4v) is 3.24. The molecule has 0 aromatic carbocycles. The Hall–Kier alpha value is -0.900. The van der Waals surface area contributed by atoms with Crippen LogP contribution in [0.15, 0.2) is 0 Å². The number of hydrogen-bond donors (Lipinski definition) is 0. The van der Waals surface area contributed by atoms with Crippen molar-refractivity contribution in [2.75, 3.05) is 18.5 Å². The molecule has 3 nitrogen and oxygen atoms in total. The van der Waals surface area contributed by atoms with Crippen molar-refractivity contribution in [2.24, 2.45) is 5.92 Å². The molecule has 4 heteroatoms. The predicted molar refractivity (Wildman–Crippen MR) is 65.4 cm³/mol. The smallest absolute Gasteiger partial charge is 0.185 e. The van der Waals surface area contributed by atoms with Gasteiger partial charge in [0, 0.05) is 20.0 Å². The van der Waals surface area contributed by atoms with Crippen molar-refractivity contribution < 1.29 is 4.79 Å². The fourth-order valence-electron chi connectivity index (χ4n) is 2.19. The zero-order valence-electron chi connectivity index (χ0n) is 9.53. The van der Waals surface area contributed by atoms with Crippen molar-refractivity contribution in [3.63, 3.8) is 0 Å². The number of hydrogen-bond acceptors (Lipinski definition) is 4. The maximum absolute atomic E-state index is 11.7. The topological polar surface area (TPSA) is 33.2 Å². The van der Waals surface area contributed by atoms with E-state index in [0.29, 0.717) is 12.2 Å². The van der Waals surface area contributed by atoms with Gasteiger partial charge in [0.15, 0.2) is 10.9 Å². The number of fused-ring (bicyclic) bond motifs is 1. The number of thiazole rings is 1.